The van der Waals surface area contributed by atoms with E-state index in [0.717, 1.165) is 48.7 Å². The molecule has 1 saturated carbocycles. The summed E-state index contributed by atoms with van der Waals surface area (Å²) in [5, 5.41) is 0. The molecular formula is C41H36N2O2. The third kappa shape index (κ3) is 5.87. The van der Waals surface area contributed by atoms with Gasteiger partial charge in [-0.1, -0.05) is 85.6 Å². The standard InChI is InChI=1S/C41H36N2O2/c42-31-13-17-33(18-14-31)44-35-21-23-39(37(27-35)29-9-3-1-4-10-29)41(25-7-8-26-41)40-24-22-36(45-34-19-15-32(43)16-20-34)28-38(40)30-11-5-2-6-12-30/h1-6,9-24,27-28H,7-8,25-26,42-43H2. The van der Waals surface area contributed by atoms with Crippen LogP contribution in [-0.2, 0) is 5.41 Å². The van der Waals surface area contributed by atoms with E-state index in [4.69, 9.17) is 20.9 Å². The van der Waals surface area contributed by atoms with Gasteiger partial charge in [0, 0.05) is 16.8 Å². The van der Waals surface area contributed by atoms with Crippen LogP contribution in [0.3, 0.4) is 0 Å². The molecule has 7 rings (SSSR count). The van der Waals surface area contributed by atoms with E-state index in [9.17, 15) is 0 Å². The molecule has 1 aliphatic rings. The van der Waals surface area contributed by atoms with Gasteiger partial charge in [0.1, 0.15) is 23.0 Å². The Morgan fingerprint density at radius 2 is 0.800 bits per heavy atom. The number of hydrogen-bond acceptors (Lipinski definition) is 4. The quantitative estimate of drug-likeness (QED) is 0.174. The summed E-state index contributed by atoms with van der Waals surface area (Å²) in [5.41, 5.74) is 20.4. The first-order valence-corrected chi connectivity index (χ1v) is 15.5. The summed E-state index contributed by atoms with van der Waals surface area (Å²) in [7, 11) is 0. The number of ether oxygens (including phenoxy) is 2. The van der Waals surface area contributed by atoms with Gasteiger partial charge < -0.3 is 20.9 Å². The van der Waals surface area contributed by atoms with Gasteiger partial charge in [0.25, 0.3) is 0 Å². The van der Waals surface area contributed by atoms with Crippen LogP contribution in [0, 0.1) is 0 Å². The normalized spacial score (nSPS) is 13.8. The van der Waals surface area contributed by atoms with Crippen LogP contribution in [0.1, 0.15) is 36.8 Å². The van der Waals surface area contributed by atoms with E-state index in [1.54, 1.807) is 0 Å². The number of rotatable bonds is 8. The third-order valence-electron chi connectivity index (χ3n) is 8.87. The molecule has 6 aromatic carbocycles. The van der Waals surface area contributed by atoms with Gasteiger partial charge in [-0.05, 0) is 119 Å². The minimum Gasteiger partial charge on any atom is -0.457 e. The van der Waals surface area contributed by atoms with Crippen LogP contribution in [0.2, 0.25) is 0 Å². The molecular weight excluding hydrogens is 552 g/mol. The first-order chi connectivity index (χ1) is 22.1. The van der Waals surface area contributed by atoms with Crippen LogP contribution in [0.4, 0.5) is 11.4 Å². The van der Waals surface area contributed by atoms with Crippen LogP contribution in [0.5, 0.6) is 23.0 Å². The van der Waals surface area contributed by atoms with Gasteiger partial charge in [-0.15, -0.1) is 0 Å². The fourth-order valence-electron chi connectivity index (χ4n) is 6.73. The molecule has 0 radical (unpaired) electrons. The van der Waals surface area contributed by atoms with Gasteiger partial charge in [0.2, 0.25) is 0 Å². The Morgan fingerprint density at radius 1 is 0.422 bits per heavy atom. The maximum Gasteiger partial charge on any atom is 0.128 e. The lowest BCUT2D eigenvalue weighted by molar-refractivity contribution is 0.479. The Hall–Kier alpha value is -5.48. The Balaban J connectivity index is 1.37. The molecule has 4 heteroatoms. The van der Waals surface area contributed by atoms with E-state index in [1.807, 2.05) is 48.5 Å². The van der Waals surface area contributed by atoms with Crippen molar-refractivity contribution in [2.45, 2.75) is 31.1 Å². The van der Waals surface area contributed by atoms with Crippen molar-refractivity contribution in [3.8, 4) is 45.3 Å². The van der Waals surface area contributed by atoms with Crippen LogP contribution < -0.4 is 20.9 Å². The molecule has 0 heterocycles. The second-order valence-corrected chi connectivity index (χ2v) is 11.8. The average Bonchev–Trinajstić information content (AvgIpc) is 3.58. The van der Waals surface area contributed by atoms with Gasteiger partial charge >= 0.3 is 0 Å². The summed E-state index contributed by atoms with van der Waals surface area (Å²) >= 11 is 0. The lowest BCUT2D eigenvalue weighted by Crippen LogP contribution is -2.25. The second kappa shape index (κ2) is 12.3. The molecule has 222 valence electrons. The molecule has 0 unspecified atom stereocenters. The molecule has 0 amide bonds. The van der Waals surface area contributed by atoms with Crippen molar-refractivity contribution in [1.82, 2.24) is 0 Å². The molecule has 0 spiro atoms. The number of nitrogens with two attached hydrogens (primary N) is 2. The Morgan fingerprint density at radius 3 is 1.20 bits per heavy atom. The molecule has 4 N–H and O–H groups in total. The van der Waals surface area contributed by atoms with Gasteiger partial charge in [-0.25, -0.2) is 0 Å². The number of anilines is 2. The van der Waals surface area contributed by atoms with Gasteiger partial charge in [-0.3, -0.25) is 0 Å². The molecule has 0 aromatic heterocycles. The summed E-state index contributed by atoms with van der Waals surface area (Å²) in [4.78, 5) is 0. The monoisotopic (exact) mass is 588 g/mol. The molecule has 4 nitrogen and oxygen atoms in total. The highest BCUT2D eigenvalue weighted by Crippen LogP contribution is 2.53. The number of nitrogen functional groups attached to an aromatic ring is 2. The SMILES string of the molecule is Nc1ccc(Oc2ccc(C3(c4ccc(Oc5ccc(N)cc5)cc4-c4ccccc4)CCCC3)c(-c3ccccc3)c2)cc1. The molecule has 1 aliphatic carbocycles. The zero-order valence-electron chi connectivity index (χ0n) is 25.2. The summed E-state index contributed by atoms with van der Waals surface area (Å²) in [5.74, 6) is 3.11. The number of benzene rings is 6. The van der Waals surface area contributed by atoms with Crippen molar-refractivity contribution >= 4 is 11.4 Å². The third-order valence-corrected chi connectivity index (χ3v) is 8.87. The highest BCUT2D eigenvalue weighted by Gasteiger charge is 2.41. The smallest absolute Gasteiger partial charge is 0.128 e. The zero-order valence-corrected chi connectivity index (χ0v) is 25.2. The van der Waals surface area contributed by atoms with Gasteiger partial charge in [-0.2, -0.15) is 0 Å². The number of hydrogen-bond donors (Lipinski definition) is 2. The zero-order chi connectivity index (χ0) is 30.6. The fourth-order valence-corrected chi connectivity index (χ4v) is 6.73. The molecule has 0 aliphatic heterocycles. The minimum absolute atomic E-state index is 0.185. The molecule has 45 heavy (non-hydrogen) atoms. The van der Waals surface area contributed by atoms with E-state index in [2.05, 4.69) is 97.1 Å². The van der Waals surface area contributed by atoms with E-state index in [1.165, 1.54) is 33.4 Å². The summed E-state index contributed by atoms with van der Waals surface area (Å²) < 4.78 is 12.7. The molecule has 0 saturated heterocycles. The van der Waals surface area contributed by atoms with Crippen molar-refractivity contribution < 1.29 is 9.47 Å². The van der Waals surface area contributed by atoms with E-state index in [-0.39, 0.29) is 5.41 Å². The maximum absolute atomic E-state index is 6.34. The van der Waals surface area contributed by atoms with E-state index in [0.29, 0.717) is 11.4 Å². The molecule has 0 atom stereocenters. The topological polar surface area (TPSA) is 70.5 Å². The van der Waals surface area contributed by atoms with Crippen molar-refractivity contribution in [2.24, 2.45) is 0 Å². The summed E-state index contributed by atoms with van der Waals surface area (Å²) in [6, 6.07) is 49.6. The average molecular weight is 589 g/mol. The van der Waals surface area contributed by atoms with Crippen LogP contribution >= 0.6 is 0 Å². The van der Waals surface area contributed by atoms with Crippen molar-refractivity contribution in [2.75, 3.05) is 11.5 Å². The van der Waals surface area contributed by atoms with Crippen molar-refractivity contribution in [1.29, 1.82) is 0 Å². The van der Waals surface area contributed by atoms with Gasteiger partial charge in [0.05, 0.1) is 0 Å². The van der Waals surface area contributed by atoms with Crippen LogP contribution in [-0.4, -0.2) is 0 Å². The van der Waals surface area contributed by atoms with Crippen molar-refractivity contribution in [3.63, 3.8) is 0 Å². The first kappa shape index (κ1) is 28.3. The highest BCUT2D eigenvalue weighted by molar-refractivity contribution is 5.77. The Labute approximate surface area is 264 Å². The summed E-state index contributed by atoms with van der Waals surface area (Å²) in [6.07, 6.45) is 4.44. The lowest BCUT2D eigenvalue weighted by atomic mass is 9.68. The lowest BCUT2D eigenvalue weighted by Gasteiger charge is -2.35. The van der Waals surface area contributed by atoms with Crippen LogP contribution in [0.15, 0.2) is 146 Å². The fraction of sp³-hybridized carbons (Fsp3) is 0.122. The van der Waals surface area contributed by atoms with Gasteiger partial charge in [0.15, 0.2) is 0 Å². The first-order valence-electron chi connectivity index (χ1n) is 15.5. The molecule has 6 aromatic rings. The second-order valence-electron chi connectivity index (χ2n) is 11.8. The maximum atomic E-state index is 6.34. The molecule has 1 fully saturated rings. The largest absolute Gasteiger partial charge is 0.457 e. The van der Waals surface area contributed by atoms with Crippen LogP contribution in [0.25, 0.3) is 22.3 Å². The molecule has 0 bridgehead atoms. The predicted molar refractivity (Wildman–Crippen MR) is 185 cm³/mol. The predicted octanol–water partition coefficient (Wildman–Crippen LogP) is 10.6. The summed E-state index contributed by atoms with van der Waals surface area (Å²) in [6.45, 7) is 0. The van der Waals surface area contributed by atoms with Crippen molar-refractivity contribution in [3.05, 3.63) is 157 Å². The Bertz CT molecular complexity index is 1760. The highest BCUT2D eigenvalue weighted by atomic mass is 16.5. The Kier molecular flexibility index (Phi) is 7.71. The van der Waals surface area contributed by atoms with E-state index >= 15 is 0 Å². The minimum atomic E-state index is -0.185. The van der Waals surface area contributed by atoms with E-state index < -0.39 is 0 Å².